The fourth-order valence-corrected chi connectivity index (χ4v) is 1.72. The zero-order valence-electron chi connectivity index (χ0n) is 11.5. The van der Waals surface area contributed by atoms with Gasteiger partial charge in [-0.25, -0.2) is 0 Å². The minimum absolute atomic E-state index is 0.00133. The Balaban J connectivity index is 1.97. The Bertz CT molecular complexity index is 641. The zero-order valence-corrected chi connectivity index (χ0v) is 11.5. The van der Waals surface area contributed by atoms with Crippen molar-refractivity contribution in [2.24, 2.45) is 0 Å². The number of hydrogen-bond donors (Lipinski definition) is 2. The van der Waals surface area contributed by atoms with Gasteiger partial charge < -0.3 is 10.4 Å². The van der Waals surface area contributed by atoms with Crippen LogP contribution in [0.25, 0.3) is 0 Å². The van der Waals surface area contributed by atoms with Crippen LogP contribution >= 0.6 is 0 Å². The monoisotopic (exact) mass is 284 g/mol. The fraction of sp³-hybridized carbons (Fsp3) is 0.267. The molecule has 0 radical (unpaired) electrons. The van der Waals surface area contributed by atoms with Crippen molar-refractivity contribution < 1.29 is 9.90 Å². The largest absolute Gasteiger partial charge is 0.395 e. The molecule has 108 valence electrons. The van der Waals surface area contributed by atoms with Crippen LogP contribution in [0.15, 0.2) is 36.9 Å². The number of rotatable bonds is 5. The van der Waals surface area contributed by atoms with Crippen LogP contribution in [-0.4, -0.2) is 38.9 Å². The van der Waals surface area contributed by atoms with E-state index in [1.807, 2.05) is 12.3 Å². The molecule has 2 heterocycles. The van der Waals surface area contributed by atoms with E-state index in [0.717, 1.165) is 0 Å². The highest BCUT2D eigenvalue weighted by Gasteiger charge is 2.09. The molecule has 0 atom stereocenters. The van der Waals surface area contributed by atoms with Gasteiger partial charge >= 0.3 is 0 Å². The average molecular weight is 284 g/mol. The van der Waals surface area contributed by atoms with E-state index in [2.05, 4.69) is 27.2 Å². The van der Waals surface area contributed by atoms with Gasteiger partial charge in [0.15, 0.2) is 0 Å². The molecule has 2 aromatic heterocycles. The third-order valence-electron chi connectivity index (χ3n) is 2.71. The highest BCUT2D eigenvalue weighted by Crippen LogP contribution is 2.05. The van der Waals surface area contributed by atoms with Crippen molar-refractivity contribution in [3.63, 3.8) is 0 Å². The number of nitrogens with zero attached hydrogens (tertiary/aromatic N) is 3. The number of hydrogen-bond acceptors (Lipinski definition) is 4. The summed E-state index contributed by atoms with van der Waals surface area (Å²) in [4.78, 5) is 16.1. The first-order chi connectivity index (χ1) is 10.3. The summed E-state index contributed by atoms with van der Waals surface area (Å²) in [6, 6.07) is 3.46. The molecule has 0 aliphatic rings. The summed E-state index contributed by atoms with van der Waals surface area (Å²) in [6.45, 7) is 1.08. The van der Waals surface area contributed by atoms with E-state index in [0.29, 0.717) is 30.6 Å². The molecular weight excluding hydrogens is 268 g/mol. The second kappa shape index (κ2) is 7.82. The Morgan fingerprint density at radius 2 is 2.33 bits per heavy atom. The van der Waals surface area contributed by atoms with Gasteiger partial charge in [0.25, 0.3) is 5.91 Å². The van der Waals surface area contributed by atoms with Crippen LogP contribution in [0.4, 0.5) is 0 Å². The Morgan fingerprint density at radius 3 is 3.10 bits per heavy atom. The Labute approximate surface area is 122 Å². The van der Waals surface area contributed by atoms with Gasteiger partial charge in [0.05, 0.1) is 24.3 Å². The summed E-state index contributed by atoms with van der Waals surface area (Å²) in [7, 11) is 0. The summed E-state index contributed by atoms with van der Waals surface area (Å²) in [5, 5.41) is 15.6. The van der Waals surface area contributed by atoms with E-state index in [-0.39, 0.29) is 12.5 Å². The highest BCUT2D eigenvalue weighted by atomic mass is 16.2. The lowest BCUT2D eigenvalue weighted by molar-refractivity contribution is 0.0951. The van der Waals surface area contributed by atoms with Crippen LogP contribution in [0.2, 0.25) is 0 Å². The van der Waals surface area contributed by atoms with Gasteiger partial charge in [-0.1, -0.05) is 11.8 Å². The van der Waals surface area contributed by atoms with E-state index in [1.54, 1.807) is 29.3 Å². The summed E-state index contributed by atoms with van der Waals surface area (Å²) >= 11 is 0. The van der Waals surface area contributed by atoms with Crippen molar-refractivity contribution >= 4 is 5.91 Å². The third-order valence-corrected chi connectivity index (χ3v) is 2.71. The SMILES string of the molecule is O=C(NCCn1cccn1)c1ccncc1C#CCCO. The molecule has 0 saturated carbocycles. The molecule has 0 bridgehead atoms. The van der Waals surface area contributed by atoms with E-state index in [1.165, 1.54) is 0 Å². The summed E-state index contributed by atoms with van der Waals surface area (Å²) in [5.74, 6) is 5.44. The number of aliphatic hydroxyl groups excluding tert-OH is 1. The fourth-order valence-electron chi connectivity index (χ4n) is 1.72. The molecule has 2 aromatic rings. The maximum Gasteiger partial charge on any atom is 0.252 e. The van der Waals surface area contributed by atoms with Gasteiger partial charge in [-0.3, -0.25) is 14.5 Å². The lowest BCUT2D eigenvalue weighted by Gasteiger charge is -2.06. The average Bonchev–Trinajstić information content (AvgIpc) is 3.01. The molecule has 2 rings (SSSR count). The van der Waals surface area contributed by atoms with Gasteiger partial charge in [-0.15, -0.1) is 0 Å². The number of amides is 1. The molecule has 0 aliphatic heterocycles. The Kier molecular flexibility index (Phi) is 5.50. The Hall–Kier alpha value is -2.65. The van der Waals surface area contributed by atoms with Crippen LogP contribution in [0, 0.1) is 11.8 Å². The molecule has 6 nitrogen and oxygen atoms in total. The number of aromatic nitrogens is 3. The summed E-state index contributed by atoms with van der Waals surface area (Å²) < 4.78 is 1.74. The lowest BCUT2D eigenvalue weighted by Crippen LogP contribution is -2.28. The minimum Gasteiger partial charge on any atom is -0.395 e. The molecule has 0 spiro atoms. The third kappa shape index (κ3) is 4.44. The standard InChI is InChI=1S/C15H16N4O2/c20-11-2-1-4-13-12-16-7-5-14(13)15(21)17-8-10-19-9-3-6-18-19/h3,5-7,9,12,20H,2,8,10-11H2,(H,17,21). The number of carbonyl (C=O) groups excluding carboxylic acids is 1. The molecule has 0 aliphatic carbocycles. The maximum absolute atomic E-state index is 12.1. The molecule has 21 heavy (non-hydrogen) atoms. The molecule has 0 unspecified atom stereocenters. The van der Waals surface area contributed by atoms with Gasteiger partial charge in [0.2, 0.25) is 0 Å². The van der Waals surface area contributed by atoms with E-state index < -0.39 is 0 Å². The van der Waals surface area contributed by atoms with Gasteiger partial charge in [0.1, 0.15) is 0 Å². The number of carbonyl (C=O) groups is 1. The Morgan fingerprint density at radius 1 is 1.43 bits per heavy atom. The smallest absolute Gasteiger partial charge is 0.252 e. The summed E-state index contributed by atoms with van der Waals surface area (Å²) in [5.41, 5.74) is 1.04. The van der Waals surface area contributed by atoms with E-state index >= 15 is 0 Å². The van der Waals surface area contributed by atoms with Crippen LogP contribution in [0.1, 0.15) is 22.3 Å². The second-order valence-corrected chi connectivity index (χ2v) is 4.22. The molecule has 2 N–H and O–H groups in total. The quantitative estimate of drug-likeness (QED) is 0.781. The van der Waals surface area contributed by atoms with Gasteiger partial charge in [-0.05, 0) is 12.1 Å². The van der Waals surface area contributed by atoms with Crippen molar-refractivity contribution in [3.8, 4) is 11.8 Å². The van der Waals surface area contributed by atoms with Gasteiger partial charge in [-0.2, -0.15) is 5.10 Å². The number of pyridine rings is 1. The van der Waals surface area contributed by atoms with Crippen molar-refractivity contribution in [1.29, 1.82) is 0 Å². The van der Waals surface area contributed by atoms with Crippen LogP contribution in [0.5, 0.6) is 0 Å². The molecule has 0 aromatic carbocycles. The molecular formula is C15H16N4O2. The predicted molar refractivity (Wildman–Crippen MR) is 77.4 cm³/mol. The first kappa shape index (κ1) is 14.8. The lowest BCUT2D eigenvalue weighted by atomic mass is 10.1. The van der Waals surface area contributed by atoms with Crippen molar-refractivity contribution in [3.05, 3.63) is 48.0 Å². The highest BCUT2D eigenvalue weighted by molar-refractivity contribution is 5.96. The van der Waals surface area contributed by atoms with Gasteiger partial charge in [0, 0.05) is 37.8 Å². The summed E-state index contributed by atoms with van der Waals surface area (Å²) in [6.07, 6.45) is 7.01. The zero-order chi connectivity index (χ0) is 14.9. The van der Waals surface area contributed by atoms with E-state index in [4.69, 9.17) is 5.11 Å². The molecule has 1 amide bonds. The molecule has 0 saturated heterocycles. The predicted octanol–water partition coefficient (Wildman–Crippen LogP) is 0.442. The van der Waals surface area contributed by atoms with E-state index in [9.17, 15) is 4.79 Å². The van der Waals surface area contributed by atoms with Crippen molar-refractivity contribution in [2.75, 3.05) is 13.2 Å². The minimum atomic E-state index is -0.196. The van der Waals surface area contributed by atoms with Crippen LogP contribution in [0.3, 0.4) is 0 Å². The second-order valence-electron chi connectivity index (χ2n) is 4.22. The van der Waals surface area contributed by atoms with Crippen LogP contribution in [-0.2, 0) is 6.54 Å². The molecule has 6 heteroatoms. The molecule has 0 fully saturated rings. The maximum atomic E-state index is 12.1. The normalized spacial score (nSPS) is 9.76. The number of aliphatic hydroxyl groups is 1. The first-order valence-electron chi connectivity index (χ1n) is 6.60. The van der Waals surface area contributed by atoms with Crippen molar-refractivity contribution in [1.82, 2.24) is 20.1 Å². The van der Waals surface area contributed by atoms with Crippen molar-refractivity contribution in [2.45, 2.75) is 13.0 Å². The number of nitrogens with one attached hydrogen (secondary N) is 1. The first-order valence-corrected chi connectivity index (χ1v) is 6.60. The topological polar surface area (TPSA) is 80.0 Å². The van der Waals surface area contributed by atoms with Crippen LogP contribution < -0.4 is 5.32 Å².